The average molecular weight is 367 g/mol. The Balaban J connectivity index is 1.90. The van der Waals surface area contributed by atoms with Gasteiger partial charge in [-0.2, -0.15) is 0 Å². The Bertz CT molecular complexity index is 1400. The van der Waals surface area contributed by atoms with Gasteiger partial charge in [0.05, 0.1) is 17.6 Å². The van der Waals surface area contributed by atoms with E-state index in [1.807, 2.05) is 59.2 Å². The molecule has 3 heterocycles. The molecule has 0 saturated carbocycles. The summed E-state index contributed by atoms with van der Waals surface area (Å²) in [5.41, 5.74) is 4.36. The monoisotopic (exact) mass is 367 g/mol. The molecule has 0 fully saturated rings. The van der Waals surface area contributed by atoms with E-state index in [2.05, 4.69) is 11.6 Å². The first-order chi connectivity index (χ1) is 13.8. The van der Waals surface area contributed by atoms with Crippen LogP contribution in [0, 0.1) is 0 Å². The third-order valence-corrected chi connectivity index (χ3v) is 4.83. The van der Waals surface area contributed by atoms with Crippen LogP contribution >= 0.6 is 0 Å². The third kappa shape index (κ3) is 2.50. The summed E-state index contributed by atoms with van der Waals surface area (Å²) in [6.45, 7) is 4.68. The van der Waals surface area contributed by atoms with E-state index < -0.39 is 0 Å². The van der Waals surface area contributed by atoms with Crippen LogP contribution in [0.4, 0.5) is 0 Å². The van der Waals surface area contributed by atoms with Gasteiger partial charge in [0.15, 0.2) is 11.3 Å². The minimum atomic E-state index is -0.133. The number of para-hydroxylation sites is 2. The van der Waals surface area contributed by atoms with Gasteiger partial charge < -0.3 is 4.57 Å². The van der Waals surface area contributed by atoms with Crippen molar-refractivity contribution in [3.05, 3.63) is 89.5 Å². The largest absolute Gasteiger partial charge is 0.304 e. The molecule has 5 aromatic rings. The molecular formula is C22H17N5O. The van der Waals surface area contributed by atoms with Crippen LogP contribution in [0.3, 0.4) is 0 Å². The zero-order valence-corrected chi connectivity index (χ0v) is 15.1. The summed E-state index contributed by atoms with van der Waals surface area (Å²) in [7, 11) is 0. The van der Waals surface area contributed by atoms with E-state index in [4.69, 9.17) is 9.97 Å². The molecule has 28 heavy (non-hydrogen) atoms. The molecule has 0 aliphatic heterocycles. The van der Waals surface area contributed by atoms with Crippen molar-refractivity contribution < 1.29 is 0 Å². The predicted octanol–water partition coefficient (Wildman–Crippen LogP) is 3.53. The molecule has 0 aliphatic rings. The summed E-state index contributed by atoms with van der Waals surface area (Å²) in [4.78, 5) is 27.3. The fourth-order valence-electron chi connectivity index (χ4n) is 3.52. The Hall–Kier alpha value is -3.80. The number of rotatable bonds is 4. The Morgan fingerprint density at radius 2 is 1.64 bits per heavy atom. The molecule has 0 unspecified atom stereocenters. The van der Waals surface area contributed by atoms with Crippen molar-refractivity contribution in [2.75, 3.05) is 0 Å². The van der Waals surface area contributed by atoms with E-state index in [1.54, 1.807) is 17.0 Å². The predicted molar refractivity (Wildman–Crippen MR) is 110 cm³/mol. The number of aromatic nitrogens is 5. The lowest BCUT2D eigenvalue weighted by atomic mass is 10.2. The molecule has 0 bridgehead atoms. The quantitative estimate of drug-likeness (QED) is 0.456. The van der Waals surface area contributed by atoms with E-state index in [1.165, 1.54) is 0 Å². The van der Waals surface area contributed by atoms with Crippen LogP contribution in [0.2, 0.25) is 0 Å². The molecule has 3 aromatic heterocycles. The lowest BCUT2D eigenvalue weighted by molar-refractivity contribution is 0.759. The summed E-state index contributed by atoms with van der Waals surface area (Å²) in [5, 5.41) is 0.494. The Labute approximate surface area is 160 Å². The maximum atomic E-state index is 13.1. The van der Waals surface area contributed by atoms with Crippen molar-refractivity contribution in [1.29, 1.82) is 0 Å². The van der Waals surface area contributed by atoms with Crippen LogP contribution in [0.1, 0.15) is 5.56 Å². The van der Waals surface area contributed by atoms with Crippen molar-refractivity contribution in [2.24, 2.45) is 0 Å². The summed E-state index contributed by atoms with van der Waals surface area (Å²) in [6, 6.07) is 17.7. The zero-order valence-electron chi connectivity index (χ0n) is 15.1. The standard InChI is InChI=1S/C22H17N5O/c1-2-12-26-14-23-20-18(22(26)28)19-21(25-17-11-7-6-10-16(17)24-19)27(20)13-15-8-4-3-5-9-15/h2-11,14H,1,12-13H2. The minimum Gasteiger partial charge on any atom is -0.304 e. The molecule has 0 spiro atoms. The number of benzene rings is 2. The van der Waals surface area contributed by atoms with Gasteiger partial charge in [-0.3, -0.25) is 9.36 Å². The van der Waals surface area contributed by atoms with Gasteiger partial charge in [0.25, 0.3) is 5.56 Å². The number of fused-ring (bicyclic) bond motifs is 4. The second-order valence-corrected chi connectivity index (χ2v) is 6.65. The molecule has 0 amide bonds. The van der Waals surface area contributed by atoms with Gasteiger partial charge in [-0.05, 0) is 17.7 Å². The molecule has 136 valence electrons. The summed E-state index contributed by atoms with van der Waals surface area (Å²) >= 11 is 0. The van der Waals surface area contributed by atoms with E-state index in [-0.39, 0.29) is 5.56 Å². The molecule has 0 atom stereocenters. The topological polar surface area (TPSA) is 65.6 Å². The molecule has 0 radical (unpaired) electrons. The Morgan fingerprint density at radius 3 is 2.39 bits per heavy atom. The summed E-state index contributed by atoms with van der Waals surface area (Å²) in [5.74, 6) is 0. The molecule has 0 aliphatic carbocycles. The normalized spacial score (nSPS) is 11.4. The first kappa shape index (κ1) is 16.4. The lowest BCUT2D eigenvalue weighted by Gasteiger charge is -2.07. The molecule has 5 rings (SSSR count). The highest BCUT2D eigenvalue weighted by molar-refractivity contribution is 6.04. The highest BCUT2D eigenvalue weighted by atomic mass is 16.1. The van der Waals surface area contributed by atoms with Crippen molar-refractivity contribution in [1.82, 2.24) is 24.1 Å². The second-order valence-electron chi connectivity index (χ2n) is 6.65. The minimum absolute atomic E-state index is 0.133. The number of hydrogen-bond acceptors (Lipinski definition) is 4. The highest BCUT2D eigenvalue weighted by Crippen LogP contribution is 2.25. The molecular weight excluding hydrogens is 350 g/mol. The fraction of sp³-hybridized carbons (Fsp3) is 0.0909. The van der Waals surface area contributed by atoms with Gasteiger partial charge in [0, 0.05) is 6.54 Å². The van der Waals surface area contributed by atoms with E-state index in [0.29, 0.717) is 35.3 Å². The van der Waals surface area contributed by atoms with Gasteiger partial charge in [0.2, 0.25) is 0 Å². The highest BCUT2D eigenvalue weighted by Gasteiger charge is 2.19. The van der Waals surface area contributed by atoms with E-state index >= 15 is 0 Å². The van der Waals surface area contributed by atoms with Crippen LogP contribution in [0.15, 0.2) is 78.4 Å². The first-order valence-corrected chi connectivity index (χ1v) is 9.05. The number of nitrogens with zero attached hydrogens (tertiary/aromatic N) is 5. The summed E-state index contributed by atoms with van der Waals surface area (Å²) in [6.07, 6.45) is 3.24. The van der Waals surface area contributed by atoms with Crippen molar-refractivity contribution >= 4 is 33.2 Å². The first-order valence-electron chi connectivity index (χ1n) is 9.05. The Kier molecular flexibility index (Phi) is 3.76. The van der Waals surface area contributed by atoms with E-state index in [0.717, 1.165) is 16.6 Å². The van der Waals surface area contributed by atoms with Gasteiger partial charge in [-0.15, -0.1) is 6.58 Å². The van der Waals surface area contributed by atoms with Crippen molar-refractivity contribution in [2.45, 2.75) is 13.1 Å². The average Bonchev–Trinajstić information content (AvgIpc) is 3.02. The molecule has 6 nitrogen and oxygen atoms in total. The second kappa shape index (κ2) is 6.42. The van der Waals surface area contributed by atoms with Gasteiger partial charge >= 0.3 is 0 Å². The molecule has 0 N–H and O–H groups in total. The fourth-order valence-corrected chi connectivity index (χ4v) is 3.52. The van der Waals surface area contributed by atoms with Crippen molar-refractivity contribution in [3.63, 3.8) is 0 Å². The number of allylic oxidation sites excluding steroid dienone is 1. The van der Waals surface area contributed by atoms with Crippen LogP contribution < -0.4 is 5.56 Å². The van der Waals surface area contributed by atoms with Crippen LogP contribution in [0.5, 0.6) is 0 Å². The van der Waals surface area contributed by atoms with Gasteiger partial charge in [-0.1, -0.05) is 48.5 Å². The number of hydrogen-bond donors (Lipinski definition) is 0. The molecule has 0 saturated heterocycles. The van der Waals surface area contributed by atoms with Crippen molar-refractivity contribution in [3.8, 4) is 0 Å². The molecule has 6 heteroatoms. The zero-order chi connectivity index (χ0) is 19.1. The van der Waals surface area contributed by atoms with Gasteiger partial charge in [-0.25, -0.2) is 15.0 Å². The Morgan fingerprint density at radius 1 is 0.929 bits per heavy atom. The SMILES string of the molecule is C=CCn1cnc2c(c1=O)c1nc3ccccc3nc1n2Cc1ccccc1. The maximum absolute atomic E-state index is 13.1. The maximum Gasteiger partial charge on any atom is 0.265 e. The van der Waals surface area contributed by atoms with Gasteiger partial charge in [0.1, 0.15) is 17.2 Å². The smallest absolute Gasteiger partial charge is 0.265 e. The third-order valence-electron chi connectivity index (χ3n) is 4.83. The molecule has 2 aromatic carbocycles. The van der Waals surface area contributed by atoms with Crippen LogP contribution in [-0.2, 0) is 13.1 Å². The van der Waals surface area contributed by atoms with E-state index in [9.17, 15) is 4.79 Å². The van der Waals surface area contributed by atoms with Crippen LogP contribution in [0.25, 0.3) is 33.2 Å². The lowest BCUT2D eigenvalue weighted by Crippen LogP contribution is -2.20. The summed E-state index contributed by atoms with van der Waals surface area (Å²) < 4.78 is 3.51. The van der Waals surface area contributed by atoms with Crippen LogP contribution in [-0.4, -0.2) is 24.1 Å².